The smallest absolute Gasteiger partial charge is 0.323 e. The van der Waals surface area contributed by atoms with Crippen molar-refractivity contribution in [2.24, 2.45) is 0 Å². The van der Waals surface area contributed by atoms with E-state index in [-0.39, 0.29) is 10.0 Å². The molecule has 2 amide bonds. The molecule has 0 saturated heterocycles. The van der Waals surface area contributed by atoms with E-state index in [4.69, 9.17) is 4.74 Å². The van der Waals surface area contributed by atoms with Gasteiger partial charge in [0.15, 0.2) is 5.13 Å². The van der Waals surface area contributed by atoms with Crippen LogP contribution in [0, 0.1) is 6.92 Å². The van der Waals surface area contributed by atoms with Gasteiger partial charge in [-0.1, -0.05) is 29.0 Å². The molecule has 0 radical (unpaired) electrons. The van der Waals surface area contributed by atoms with Gasteiger partial charge in [0.25, 0.3) is 10.0 Å². The summed E-state index contributed by atoms with van der Waals surface area (Å²) in [7, 11) is -3.74. The Labute approximate surface area is 195 Å². The Bertz CT molecular complexity index is 1380. The van der Waals surface area contributed by atoms with Gasteiger partial charge in [0.05, 0.1) is 21.7 Å². The Hall–Kier alpha value is -3.63. The Morgan fingerprint density at radius 1 is 0.970 bits per heavy atom. The summed E-state index contributed by atoms with van der Waals surface area (Å²) >= 11 is 1.22. The number of fused-ring (bicyclic) bond motifs is 1. The Morgan fingerprint density at radius 2 is 1.64 bits per heavy atom. The lowest BCUT2D eigenvalue weighted by Gasteiger charge is -2.08. The molecule has 3 aromatic carbocycles. The lowest BCUT2D eigenvalue weighted by atomic mass is 10.2. The summed E-state index contributed by atoms with van der Waals surface area (Å²) in [5.74, 6) is 0.728. The largest absolute Gasteiger partial charge is 0.494 e. The number of hydrogen-bond donors (Lipinski definition) is 3. The molecule has 1 heterocycles. The van der Waals surface area contributed by atoms with Gasteiger partial charge in [0, 0.05) is 11.4 Å². The van der Waals surface area contributed by atoms with E-state index >= 15 is 0 Å². The lowest BCUT2D eigenvalue weighted by molar-refractivity contribution is 0.262. The molecule has 0 fully saturated rings. The molecule has 170 valence electrons. The average molecular weight is 483 g/mol. The van der Waals surface area contributed by atoms with Crippen molar-refractivity contribution in [2.75, 3.05) is 22.0 Å². The van der Waals surface area contributed by atoms with Crippen molar-refractivity contribution < 1.29 is 17.9 Å². The number of anilines is 3. The molecular formula is C23H22N4O4S2. The number of nitrogens with one attached hydrogen (secondary N) is 3. The van der Waals surface area contributed by atoms with Crippen molar-refractivity contribution >= 4 is 54.1 Å². The Kier molecular flexibility index (Phi) is 6.47. The molecule has 33 heavy (non-hydrogen) atoms. The van der Waals surface area contributed by atoms with Crippen LogP contribution in [-0.2, 0) is 10.0 Å². The van der Waals surface area contributed by atoms with E-state index in [0.717, 1.165) is 16.0 Å². The molecule has 10 heteroatoms. The maximum Gasteiger partial charge on any atom is 0.323 e. The molecule has 0 aliphatic rings. The number of aromatic nitrogens is 1. The van der Waals surface area contributed by atoms with Gasteiger partial charge >= 0.3 is 6.03 Å². The second kappa shape index (κ2) is 9.47. The van der Waals surface area contributed by atoms with Gasteiger partial charge in [-0.2, -0.15) is 0 Å². The second-order valence-electron chi connectivity index (χ2n) is 7.16. The normalized spacial score (nSPS) is 11.2. The first-order valence-corrected chi connectivity index (χ1v) is 12.4. The summed E-state index contributed by atoms with van der Waals surface area (Å²) in [6.45, 7) is 4.36. The van der Waals surface area contributed by atoms with E-state index in [0.29, 0.717) is 23.5 Å². The highest BCUT2D eigenvalue weighted by Gasteiger charge is 2.16. The Morgan fingerprint density at radius 3 is 2.33 bits per heavy atom. The quantitative estimate of drug-likeness (QED) is 0.325. The SMILES string of the molecule is CCOc1ccc(NC(=O)Nc2ccc3sc(NS(=O)(=O)c4ccc(C)cc4)nc3c2)cc1. The number of rotatable bonds is 7. The van der Waals surface area contributed by atoms with Crippen molar-refractivity contribution in [1.82, 2.24) is 4.98 Å². The van der Waals surface area contributed by atoms with E-state index < -0.39 is 16.1 Å². The first-order chi connectivity index (χ1) is 15.8. The maximum absolute atomic E-state index is 12.6. The van der Waals surface area contributed by atoms with Crippen molar-refractivity contribution in [3.63, 3.8) is 0 Å². The molecule has 1 aromatic heterocycles. The summed E-state index contributed by atoms with van der Waals surface area (Å²) in [6, 6.07) is 18.4. The summed E-state index contributed by atoms with van der Waals surface area (Å²) < 4.78 is 33.9. The predicted octanol–water partition coefficient (Wildman–Crippen LogP) is 5.45. The maximum atomic E-state index is 12.6. The summed E-state index contributed by atoms with van der Waals surface area (Å²) in [5, 5.41) is 5.76. The van der Waals surface area contributed by atoms with Gasteiger partial charge in [-0.05, 0) is 68.4 Å². The third kappa shape index (κ3) is 5.60. The number of benzene rings is 3. The highest BCUT2D eigenvalue weighted by atomic mass is 32.2. The van der Waals surface area contributed by atoms with Gasteiger partial charge in [0.2, 0.25) is 0 Å². The monoisotopic (exact) mass is 482 g/mol. The lowest BCUT2D eigenvalue weighted by Crippen LogP contribution is -2.19. The van der Waals surface area contributed by atoms with Crippen molar-refractivity contribution in [2.45, 2.75) is 18.7 Å². The molecule has 0 bridgehead atoms. The van der Waals surface area contributed by atoms with Crippen LogP contribution in [0.4, 0.5) is 21.3 Å². The summed E-state index contributed by atoms with van der Waals surface area (Å²) in [6.07, 6.45) is 0. The third-order valence-corrected chi connectivity index (χ3v) is 7.06. The highest BCUT2D eigenvalue weighted by molar-refractivity contribution is 7.93. The molecule has 0 unspecified atom stereocenters. The fourth-order valence-electron chi connectivity index (χ4n) is 3.03. The van der Waals surface area contributed by atoms with Crippen molar-refractivity contribution in [3.8, 4) is 5.75 Å². The fraction of sp³-hybridized carbons (Fsp3) is 0.130. The molecule has 4 rings (SSSR count). The standard InChI is InChI=1S/C23H22N4O4S2/c1-3-31-18-9-6-16(7-10-18)24-22(28)25-17-8-13-21-20(14-17)26-23(32-21)27-33(29,30)19-11-4-15(2)5-12-19/h4-14H,3H2,1-2H3,(H,26,27)(H2,24,25,28). The predicted molar refractivity (Wildman–Crippen MR) is 132 cm³/mol. The van der Waals surface area contributed by atoms with Crippen LogP contribution in [0.5, 0.6) is 5.75 Å². The average Bonchev–Trinajstić information content (AvgIpc) is 3.16. The van der Waals surface area contributed by atoms with Crippen molar-refractivity contribution in [1.29, 1.82) is 0 Å². The van der Waals surface area contributed by atoms with Crippen LogP contribution < -0.4 is 20.1 Å². The second-order valence-corrected chi connectivity index (χ2v) is 9.87. The van der Waals surface area contributed by atoms with Gasteiger partial charge < -0.3 is 15.4 Å². The number of hydrogen-bond acceptors (Lipinski definition) is 6. The van der Waals surface area contributed by atoms with Crippen LogP contribution in [0.15, 0.2) is 71.6 Å². The first-order valence-electron chi connectivity index (χ1n) is 10.1. The number of aryl methyl sites for hydroxylation is 1. The number of amides is 2. The molecule has 0 aliphatic carbocycles. The summed E-state index contributed by atoms with van der Waals surface area (Å²) in [4.78, 5) is 16.9. The van der Waals surface area contributed by atoms with E-state index in [9.17, 15) is 13.2 Å². The zero-order valence-corrected chi connectivity index (χ0v) is 19.6. The number of ether oxygens (including phenoxy) is 1. The Balaban J connectivity index is 1.44. The topological polar surface area (TPSA) is 109 Å². The molecule has 3 N–H and O–H groups in total. The summed E-state index contributed by atoms with van der Waals surface area (Å²) in [5.41, 5.74) is 2.70. The van der Waals surface area contributed by atoms with E-state index in [1.54, 1.807) is 66.7 Å². The zero-order chi connectivity index (χ0) is 23.4. The third-order valence-electron chi connectivity index (χ3n) is 4.62. The molecule has 8 nitrogen and oxygen atoms in total. The number of carbonyl (C=O) groups is 1. The molecule has 0 aliphatic heterocycles. The first kappa shape index (κ1) is 22.6. The number of urea groups is 1. The van der Waals surface area contributed by atoms with Gasteiger partial charge in [-0.25, -0.2) is 18.2 Å². The molecule has 4 aromatic rings. The van der Waals surface area contributed by atoms with Crippen molar-refractivity contribution in [3.05, 3.63) is 72.3 Å². The highest BCUT2D eigenvalue weighted by Crippen LogP contribution is 2.30. The van der Waals surface area contributed by atoms with Crippen LogP contribution in [0.3, 0.4) is 0 Å². The van der Waals surface area contributed by atoms with E-state index in [2.05, 4.69) is 20.3 Å². The van der Waals surface area contributed by atoms with Crippen LogP contribution in [0.2, 0.25) is 0 Å². The fourth-order valence-corrected chi connectivity index (χ4v) is 5.12. The number of nitrogens with zero attached hydrogens (tertiary/aromatic N) is 1. The van der Waals surface area contributed by atoms with Crippen LogP contribution in [-0.4, -0.2) is 26.0 Å². The number of carbonyl (C=O) groups excluding carboxylic acids is 1. The minimum Gasteiger partial charge on any atom is -0.494 e. The molecule has 0 saturated carbocycles. The van der Waals surface area contributed by atoms with Crippen LogP contribution in [0.1, 0.15) is 12.5 Å². The van der Waals surface area contributed by atoms with Gasteiger partial charge in [-0.15, -0.1) is 0 Å². The van der Waals surface area contributed by atoms with E-state index in [1.807, 2.05) is 13.8 Å². The van der Waals surface area contributed by atoms with E-state index in [1.165, 1.54) is 11.3 Å². The molecule has 0 atom stereocenters. The molecular weight excluding hydrogens is 460 g/mol. The minimum atomic E-state index is -3.74. The van der Waals surface area contributed by atoms with Crippen LogP contribution >= 0.6 is 11.3 Å². The van der Waals surface area contributed by atoms with Crippen LogP contribution in [0.25, 0.3) is 10.2 Å². The number of sulfonamides is 1. The van der Waals surface area contributed by atoms with Gasteiger partial charge in [0.1, 0.15) is 5.75 Å². The van der Waals surface area contributed by atoms with Gasteiger partial charge in [-0.3, -0.25) is 4.72 Å². The molecule has 0 spiro atoms. The minimum absolute atomic E-state index is 0.167. The zero-order valence-electron chi connectivity index (χ0n) is 18.0. The number of thiazole rings is 1.